The van der Waals surface area contributed by atoms with E-state index < -0.39 is 5.91 Å². The van der Waals surface area contributed by atoms with Gasteiger partial charge in [0.05, 0.1) is 11.9 Å². The smallest absolute Gasteiger partial charge is 0.277 e. The number of benzene rings is 1. The van der Waals surface area contributed by atoms with Crippen LogP contribution in [-0.2, 0) is 0 Å². The fourth-order valence-corrected chi connectivity index (χ4v) is 1.81. The van der Waals surface area contributed by atoms with Gasteiger partial charge in [0.2, 0.25) is 0 Å². The van der Waals surface area contributed by atoms with E-state index in [1.165, 1.54) is 6.20 Å². The summed E-state index contributed by atoms with van der Waals surface area (Å²) in [6.45, 7) is 0. The van der Waals surface area contributed by atoms with Crippen LogP contribution in [0.4, 0.5) is 5.69 Å². The zero-order valence-corrected chi connectivity index (χ0v) is 11.0. The number of oxime groups is 1. The lowest BCUT2D eigenvalue weighted by atomic mass is 10.2. The first-order valence-corrected chi connectivity index (χ1v) is 5.85. The number of hydrogen-bond acceptors (Lipinski definition) is 5. The van der Waals surface area contributed by atoms with Gasteiger partial charge in [0.25, 0.3) is 5.91 Å². The molecule has 2 aromatic rings. The van der Waals surface area contributed by atoms with Crippen molar-refractivity contribution in [1.29, 1.82) is 0 Å². The summed E-state index contributed by atoms with van der Waals surface area (Å²) in [6.07, 6.45) is 1.31. The molecule has 5 N–H and O–H groups in total. The van der Waals surface area contributed by atoms with E-state index in [-0.39, 0.29) is 11.5 Å². The number of halogens is 1. The third-order valence-corrected chi connectivity index (χ3v) is 2.92. The van der Waals surface area contributed by atoms with Crippen LogP contribution < -0.4 is 11.1 Å². The molecule has 0 radical (unpaired) electrons. The molecule has 0 aliphatic rings. The average Bonchev–Trinajstić information content (AvgIpc) is 2.94. The monoisotopic (exact) mass is 324 g/mol. The minimum absolute atomic E-state index is 0.0184. The highest BCUT2D eigenvalue weighted by Gasteiger charge is 2.11. The van der Waals surface area contributed by atoms with Gasteiger partial charge in [0.15, 0.2) is 11.5 Å². The Morgan fingerprint density at radius 1 is 1.53 bits per heavy atom. The van der Waals surface area contributed by atoms with Gasteiger partial charge >= 0.3 is 0 Å². The lowest BCUT2D eigenvalue weighted by Gasteiger charge is -2.07. The Morgan fingerprint density at radius 2 is 2.32 bits per heavy atom. The number of anilines is 1. The average molecular weight is 325 g/mol. The van der Waals surface area contributed by atoms with Gasteiger partial charge in [-0.2, -0.15) is 15.4 Å². The van der Waals surface area contributed by atoms with Crippen molar-refractivity contribution in [2.24, 2.45) is 10.9 Å². The maximum absolute atomic E-state index is 11.8. The molecule has 1 amide bonds. The lowest BCUT2D eigenvalue weighted by Crippen LogP contribution is -2.15. The van der Waals surface area contributed by atoms with E-state index in [2.05, 4.69) is 41.8 Å². The van der Waals surface area contributed by atoms with Crippen molar-refractivity contribution in [3.8, 4) is 0 Å². The second-order valence-electron chi connectivity index (χ2n) is 3.49. The van der Waals surface area contributed by atoms with Crippen LogP contribution in [0.25, 0.3) is 0 Å². The predicted octanol–water partition coefficient (Wildman–Crippen LogP) is 0.914. The van der Waals surface area contributed by atoms with Crippen LogP contribution in [0.5, 0.6) is 0 Å². The number of nitrogens with one attached hydrogen (secondary N) is 2. The molecule has 0 unspecified atom stereocenters. The summed E-state index contributed by atoms with van der Waals surface area (Å²) in [6, 6.07) is 4.85. The highest BCUT2D eigenvalue weighted by molar-refractivity contribution is 9.10. The Morgan fingerprint density at radius 3 is 2.89 bits per heavy atom. The second kappa shape index (κ2) is 5.48. The molecular formula is C10H9BrN6O2. The van der Waals surface area contributed by atoms with E-state index in [1.54, 1.807) is 18.2 Å². The fourth-order valence-electron chi connectivity index (χ4n) is 1.33. The van der Waals surface area contributed by atoms with Gasteiger partial charge in [0.1, 0.15) is 0 Å². The quantitative estimate of drug-likeness (QED) is 0.288. The third-order valence-electron chi connectivity index (χ3n) is 2.27. The molecular weight excluding hydrogens is 316 g/mol. The van der Waals surface area contributed by atoms with Crippen molar-refractivity contribution in [3.63, 3.8) is 0 Å². The Labute approximate surface area is 115 Å². The van der Waals surface area contributed by atoms with Gasteiger partial charge in [-0.15, -0.1) is 0 Å². The first-order chi connectivity index (χ1) is 9.11. The zero-order chi connectivity index (χ0) is 13.8. The molecule has 0 saturated carbocycles. The third kappa shape index (κ3) is 2.88. The first-order valence-electron chi connectivity index (χ1n) is 5.06. The van der Waals surface area contributed by atoms with E-state index >= 15 is 0 Å². The van der Waals surface area contributed by atoms with Crippen LogP contribution in [-0.4, -0.2) is 32.4 Å². The number of amides is 1. The minimum Gasteiger partial charge on any atom is -0.409 e. The number of carbonyl (C=O) groups excluding carboxylic acids is 1. The maximum atomic E-state index is 11.8. The van der Waals surface area contributed by atoms with Crippen LogP contribution in [0.2, 0.25) is 0 Å². The van der Waals surface area contributed by atoms with Gasteiger partial charge in [-0.25, -0.2) is 0 Å². The molecule has 0 aliphatic carbocycles. The van der Waals surface area contributed by atoms with Crippen LogP contribution in [0.15, 0.2) is 34.0 Å². The molecule has 0 aliphatic heterocycles. The summed E-state index contributed by atoms with van der Waals surface area (Å²) in [4.78, 5) is 11.8. The predicted molar refractivity (Wildman–Crippen MR) is 71.0 cm³/mol. The SMILES string of the molecule is N/C(=N/O)c1ccc(NC(=O)c2cn[nH]n2)c(Br)c1. The highest BCUT2D eigenvalue weighted by atomic mass is 79.9. The molecule has 1 heterocycles. The topological polar surface area (TPSA) is 129 Å². The summed E-state index contributed by atoms with van der Waals surface area (Å²) in [7, 11) is 0. The molecule has 9 heteroatoms. The number of H-pyrrole nitrogens is 1. The van der Waals surface area contributed by atoms with Gasteiger partial charge in [-0.3, -0.25) is 4.79 Å². The minimum atomic E-state index is -0.397. The van der Waals surface area contributed by atoms with Crippen molar-refractivity contribution >= 4 is 33.4 Å². The molecule has 0 bridgehead atoms. The lowest BCUT2D eigenvalue weighted by molar-refractivity contribution is 0.102. The van der Waals surface area contributed by atoms with Crippen LogP contribution in [0.3, 0.4) is 0 Å². The summed E-state index contributed by atoms with van der Waals surface area (Å²) in [5, 5.41) is 23.7. The van der Waals surface area contributed by atoms with E-state index in [0.29, 0.717) is 15.7 Å². The number of nitrogens with two attached hydrogens (primary N) is 1. The molecule has 19 heavy (non-hydrogen) atoms. The van der Waals surface area contributed by atoms with Crippen LogP contribution in [0.1, 0.15) is 16.1 Å². The molecule has 98 valence electrons. The molecule has 2 rings (SSSR count). The molecule has 1 aromatic carbocycles. The normalized spacial score (nSPS) is 11.3. The van der Waals surface area contributed by atoms with Crippen LogP contribution >= 0.6 is 15.9 Å². The Bertz CT molecular complexity index is 625. The summed E-state index contributed by atoms with van der Waals surface area (Å²) >= 11 is 3.29. The molecule has 0 saturated heterocycles. The highest BCUT2D eigenvalue weighted by Crippen LogP contribution is 2.24. The number of carbonyl (C=O) groups is 1. The van der Waals surface area contributed by atoms with Crippen molar-refractivity contribution in [2.75, 3.05) is 5.32 Å². The van der Waals surface area contributed by atoms with Crippen LogP contribution in [0, 0.1) is 0 Å². The largest absolute Gasteiger partial charge is 0.409 e. The van der Waals surface area contributed by atoms with E-state index in [9.17, 15) is 4.79 Å². The summed E-state index contributed by atoms with van der Waals surface area (Å²) in [5.74, 6) is -0.416. The molecule has 0 fully saturated rings. The van der Waals surface area contributed by atoms with E-state index in [0.717, 1.165) is 0 Å². The fraction of sp³-hybridized carbons (Fsp3) is 0. The number of amidine groups is 1. The zero-order valence-electron chi connectivity index (χ0n) is 9.46. The number of nitrogens with zero attached hydrogens (tertiary/aromatic N) is 3. The van der Waals surface area contributed by atoms with E-state index in [4.69, 9.17) is 10.9 Å². The first kappa shape index (κ1) is 13.0. The molecule has 0 spiro atoms. The Hall–Kier alpha value is -2.42. The molecule has 0 atom stereocenters. The second-order valence-corrected chi connectivity index (χ2v) is 4.34. The van der Waals surface area contributed by atoms with Crippen molar-refractivity contribution in [3.05, 3.63) is 40.1 Å². The number of hydrogen-bond donors (Lipinski definition) is 4. The summed E-state index contributed by atoms with van der Waals surface area (Å²) < 4.78 is 0.591. The standard InChI is InChI=1S/C10H9BrN6O2/c11-6-3-5(9(12)16-19)1-2-7(6)14-10(18)8-4-13-17-15-8/h1-4,19H,(H2,12,16)(H,14,18)(H,13,15,17). The Balaban J connectivity index is 2.20. The van der Waals surface area contributed by atoms with Gasteiger partial charge < -0.3 is 16.3 Å². The summed E-state index contributed by atoms with van der Waals surface area (Å²) in [5.41, 5.74) is 6.69. The molecule has 1 aromatic heterocycles. The van der Waals surface area contributed by atoms with Gasteiger partial charge in [-0.1, -0.05) is 5.16 Å². The Kier molecular flexibility index (Phi) is 3.76. The number of rotatable bonds is 3. The maximum Gasteiger partial charge on any atom is 0.277 e. The van der Waals surface area contributed by atoms with Crippen molar-refractivity contribution in [2.45, 2.75) is 0 Å². The van der Waals surface area contributed by atoms with E-state index in [1.807, 2.05) is 0 Å². The van der Waals surface area contributed by atoms with Crippen molar-refractivity contribution < 1.29 is 10.0 Å². The number of aromatic amines is 1. The van der Waals surface area contributed by atoms with Gasteiger partial charge in [0, 0.05) is 10.0 Å². The van der Waals surface area contributed by atoms with Crippen molar-refractivity contribution in [1.82, 2.24) is 15.4 Å². The van der Waals surface area contributed by atoms with Gasteiger partial charge in [-0.05, 0) is 34.1 Å². The molecule has 8 nitrogen and oxygen atoms in total. The number of aromatic nitrogens is 3.